The number of alkyl halides is 1. The molecule has 7 rings (SSSR count). The first-order chi connectivity index (χ1) is 20.0. The molecule has 214 valence electrons. The monoisotopic (exact) mass is 557 g/mol. The van der Waals surface area contributed by atoms with Crippen molar-refractivity contribution in [3.63, 3.8) is 0 Å². The second-order valence-corrected chi connectivity index (χ2v) is 11.6. The van der Waals surface area contributed by atoms with Gasteiger partial charge < -0.3 is 29.4 Å². The van der Waals surface area contributed by atoms with E-state index in [1.807, 2.05) is 19.5 Å². The van der Waals surface area contributed by atoms with E-state index < -0.39 is 12.7 Å². The summed E-state index contributed by atoms with van der Waals surface area (Å²) in [5, 5.41) is 1.13. The normalized spacial score (nSPS) is 17.7. The number of hydrogen-bond donors (Lipinski definition) is 1. The first-order valence-electron chi connectivity index (χ1n) is 14.6. The fraction of sp³-hybridized carbons (Fsp3) is 0.452. The van der Waals surface area contributed by atoms with E-state index in [2.05, 4.69) is 49.4 Å². The molecule has 0 saturated heterocycles. The molecule has 1 aliphatic carbocycles. The van der Waals surface area contributed by atoms with Crippen molar-refractivity contribution in [2.45, 2.75) is 31.8 Å². The fourth-order valence-electron chi connectivity index (χ4n) is 6.15. The highest BCUT2D eigenvalue weighted by Crippen LogP contribution is 2.39. The third kappa shape index (κ3) is 4.84. The number of carbonyl (C=O) groups is 1. The number of nitrogens with two attached hydrogens (primary N) is 1. The Bertz CT molecular complexity index is 1650. The lowest BCUT2D eigenvalue weighted by molar-refractivity contribution is 0.0725. The molecule has 3 aliphatic rings. The van der Waals surface area contributed by atoms with Crippen molar-refractivity contribution in [2.75, 3.05) is 46.0 Å². The first-order valence-corrected chi connectivity index (χ1v) is 14.6. The molecule has 41 heavy (non-hydrogen) atoms. The molecule has 4 aromatic rings. The zero-order chi connectivity index (χ0) is 28.1. The van der Waals surface area contributed by atoms with Crippen molar-refractivity contribution in [3.8, 4) is 17.3 Å². The number of carbonyl (C=O) groups excluding carboxylic acids is 1. The summed E-state index contributed by atoms with van der Waals surface area (Å²) in [5.41, 5.74) is 11.4. The highest BCUT2D eigenvalue weighted by molar-refractivity contribution is 6.01. The minimum Gasteiger partial charge on any atom is -0.490 e. The van der Waals surface area contributed by atoms with Crippen LogP contribution in [0, 0.1) is 5.92 Å². The number of hydrogen-bond acceptors (Lipinski definition) is 6. The zero-order valence-corrected chi connectivity index (χ0v) is 23.4. The maximum absolute atomic E-state index is 13.3. The minimum absolute atomic E-state index is 0.103. The van der Waals surface area contributed by atoms with Gasteiger partial charge in [-0.25, -0.2) is 9.37 Å². The summed E-state index contributed by atoms with van der Waals surface area (Å²) in [7, 11) is 2.04. The van der Waals surface area contributed by atoms with Crippen LogP contribution in [-0.4, -0.2) is 88.2 Å². The smallest absolute Gasteiger partial charge is 0.254 e. The van der Waals surface area contributed by atoms with Gasteiger partial charge in [0.05, 0.1) is 47.7 Å². The molecule has 1 fully saturated rings. The van der Waals surface area contributed by atoms with Crippen LogP contribution in [0.3, 0.4) is 0 Å². The molecule has 0 radical (unpaired) electrons. The van der Waals surface area contributed by atoms with Gasteiger partial charge in [-0.05, 0) is 55.0 Å². The number of aromatic nitrogens is 3. The van der Waals surface area contributed by atoms with E-state index in [1.54, 1.807) is 4.90 Å². The van der Waals surface area contributed by atoms with Gasteiger partial charge in [0, 0.05) is 44.2 Å². The van der Waals surface area contributed by atoms with Gasteiger partial charge in [-0.15, -0.1) is 0 Å². The quantitative estimate of drug-likeness (QED) is 0.322. The summed E-state index contributed by atoms with van der Waals surface area (Å²) in [6.45, 7) is 4.23. The molecule has 2 N–H and O–H groups in total. The Morgan fingerprint density at radius 3 is 2.85 bits per heavy atom. The SMILES string of the molecule is Cn1c(-c2cc3cccc(OCCN4C=NCC4)c3n2CC2CC2)nc2cc3c(cc21)CCN(C[C@H](N)CF)C3=O. The van der Waals surface area contributed by atoms with Gasteiger partial charge in [0.1, 0.15) is 19.0 Å². The molecule has 2 aromatic heterocycles. The average Bonchev–Trinajstić information content (AvgIpc) is 3.35. The topological polar surface area (TPSA) is 93.9 Å². The molecule has 0 unspecified atom stereocenters. The van der Waals surface area contributed by atoms with Gasteiger partial charge in [-0.2, -0.15) is 0 Å². The Hall–Kier alpha value is -3.92. The molecule has 10 heteroatoms. The van der Waals surface area contributed by atoms with E-state index in [0.29, 0.717) is 31.1 Å². The van der Waals surface area contributed by atoms with Crippen LogP contribution in [-0.2, 0) is 20.0 Å². The number of amides is 1. The lowest BCUT2D eigenvalue weighted by Gasteiger charge is -2.30. The summed E-state index contributed by atoms with van der Waals surface area (Å²) in [6, 6.07) is 11.8. The van der Waals surface area contributed by atoms with E-state index in [1.165, 1.54) is 12.8 Å². The van der Waals surface area contributed by atoms with Crippen molar-refractivity contribution >= 4 is 34.2 Å². The summed E-state index contributed by atoms with van der Waals surface area (Å²) in [5.74, 6) is 2.30. The highest BCUT2D eigenvalue weighted by atomic mass is 19.1. The lowest BCUT2D eigenvalue weighted by atomic mass is 9.97. The molecule has 1 amide bonds. The van der Waals surface area contributed by atoms with Crippen LogP contribution in [0.5, 0.6) is 5.75 Å². The van der Waals surface area contributed by atoms with Gasteiger partial charge in [0.2, 0.25) is 0 Å². The van der Waals surface area contributed by atoms with Crippen molar-refractivity contribution in [2.24, 2.45) is 23.7 Å². The number of halogens is 1. The zero-order valence-electron chi connectivity index (χ0n) is 23.4. The number of imidazole rings is 1. The number of rotatable bonds is 10. The average molecular weight is 558 g/mol. The van der Waals surface area contributed by atoms with Crippen molar-refractivity contribution in [1.29, 1.82) is 0 Å². The number of benzene rings is 2. The first kappa shape index (κ1) is 26.0. The fourth-order valence-corrected chi connectivity index (χ4v) is 6.15. The maximum atomic E-state index is 13.3. The van der Waals surface area contributed by atoms with Crippen LogP contribution in [0.4, 0.5) is 4.39 Å². The van der Waals surface area contributed by atoms with Gasteiger partial charge in [-0.1, -0.05) is 12.1 Å². The molecule has 4 heterocycles. The van der Waals surface area contributed by atoms with E-state index in [4.69, 9.17) is 15.5 Å². The van der Waals surface area contributed by atoms with E-state index in [9.17, 15) is 9.18 Å². The van der Waals surface area contributed by atoms with Crippen molar-refractivity contribution < 1.29 is 13.9 Å². The van der Waals surface area contributed by atoms with Gasteiger partial charge >= 0.3 is 0 Å². The molecule has 1 atom stereocenters. The number of para-hydroxylation sites is 1. The summed E-state index contributed by atoms with van der Waals surface area (Å²) >= 11 is 0. The van der Waals surface area contributed by atoms with Crippen molar-refractivity contribution in [1.82, 2.24) is 23.9 Å². The molecule has 9 nitrogen and oxygen atoms in total. The number of ether oxygens (including phenoxy) is 1. The summed E-state index contributed by atoms with van der Waals surface area (Å²) in [4.78, 5) is 26.5. The summed E-state index contributed by atoms with van der Waals surface area (Å²) < 4.78 is 23.9. The van der Waals surface area contributed by atoms with Gasteiger partial charge in [0.25, 0.3) is 5.91 Å². The van der Waals surface area contributed by atoms with Crippen LogP contribution in [0.15, 0.2) is 41.4 Å². The Labute approximate surface area is 238 Å². The van der Waals surface area contributed by atoms with Crippen LogP contribution in [0.2, 0.25) is 0 Å². The van der Waals surface area contributed by atoms with Crippen LogP contribution >= 0.6 is 0 Å². The largest absolute Gasteiger partial charge is 0.490 e. The highest BCUT2D eigenvalue weighted by Gasteiger charge is 2.29. The Balaban J connectivity index is 1.26. The van der Waals surface area contributed by atoms with E-state index in [-0.39, 0.29) is 12.5 Å². The maximum Gasteiger partial charge on any atom is 0.254 e. The molecule has 2 aromatic carbocycles. The van der Waals surface area contributed by atoms with E-state index >= 15 is 0 Å². The number of fused-ring (bicyclic) bond motifs is 3. The second kappa shape index (κ2) is 10.5. The molecule has 1 saturated carbocycles. The predicted octanol–water partition coefficient (Wildman–Crippen LogP) is 3.62. The number of aryl methyl sites for hydroxylation is 1. The molecule has 0 spiro atoms. The molecule has 2 aliphatic heterocycles. The van der Waals surface area contributed by atoms with E-state index in [0.717, 1.165) is 70.9 Å². The molecular weight excluding hydrogens is 521 g/mol. The standard InChI is InChI=1S/C31H36FN7O2/c1-36-26-13-21-7-9-38(18-23(33)16-32)31(40)24(21)15-25(26)35-30(36)27-14-22-3-2-4-28(29(22)39(27)17-20-5-6-20)41-12-11-37-10-8-34-19-37/h2-4,13-15,19-20,23H,5-12,16-18,33H2,1H3/t23-/m1/s1. The number of nitrogens with zero attached hydrogens (tertiary/aromatic N) is 6. The molecule has 0 bridgehead atoms. The van der Waals surface area contributed by atoms with Crippen LogP contribution < -0.4 is 10.5 Å². The predicted molar refractivity (Wildman–Crippen MR) is 158 cm³/mol. The van der Waals surface area contributed by atoms with Crippen molar-refractivity contribution in [3.05, 3.63) is 47.5 Å². The Morgan fingerprint density at radius 1 is 1.20 bits per heavy atom. The van der Waals surface area contributed by atoms with Gasteiger partial charge in [-0.3, -0.25) is 9.79 Å². The number of aliphatic imine (C=N–C) groups is 1. The van der Waals surface area contributed by atoms with Crippen LogP contribution in [0.1, 0.15) is 28.8 Å². The van der Waals surface area contributed by atoms with Crippen LogP contribution in [0.25, 0.3) is 33.5 Å². The lowest BCUT2D eigenvalue weighted by Crippen LogP contribution is -2.45. The van der Waals surface area contributed by atoms with Gasteiger partial charge in [0.15, 0.2) is 5.82 Å². The molecular formula is C31H36FN7O2. The third-order valence-electron chi connectivity index (χ3n) is 8.57. The minimum atomic E-state index is -0.665. The second-order valence-electron chi connectivity index (χ2n) is 11.6. The Morgan fingerprint density at radius 2 is 2.07 bits per heavy atom. The third-order valence-corrected chi connectivity index (χ3v) is 8.57. The summed E-state index contributed by atoms with van der Waals surface area (Å²) in [6.07, 6.45) is 5.08. The Kier molecular flexibility index (Phi) is 6.65.